The lowest BCUT2D eigenvalue weighted by atomic mass is 10.1. The fourth-order valence-electron chi connectivity index (χ4n) is 4.61. The largest absolute Gasteiger partial charge is 0.374 e. The van der Waals surface area contributed by atoms with Crippen LogP contribution in [0.4, 0.5) is 11.4 Å². The standard InChI is InChI=1S/C25H34N4O/c1-21(25(30)29-14-6-3-7-15-29)26-23-10-12-24(13-11-23)28-18-16-27(17-19-28)20-22-8-4-2-5-9-22/h2,4-5,8-13,21,26H,3,6-7,14-20H2,1H3/p+1/t21-/m0/s1. The number of amides is 1. The van der Waals surface area contributed by atoms with E-state index in [2.05, 4.69) is 64.8 Å². The molecular formula is C25H35N4O+. The highest BCUT2D eigenvalue weighted by Crippen LogP contribution is 2.19. The van der Waals surface area contributed by atoms with Crippen molar-refractivity contribution >= 4 is 17.3 Å². The van der Waals surface area contributed by atoms with E-state index in [-0.39, 0.29) is 11.9 Å². The Bertz CT molecular complexity index is 794. The van der Waals surface area contributed by atoms with E-state index in [1.165, 1.54) is 17.7 Å². The van der Waals surface area contributed by atoms with Gasteiger partial charge in [-0.15, -0.1) is 0 Å². The monoisotopic (exact) mass is 407 g/mol. The van der Waals surface area contributed by atoms with Crippen LogP contribution < -0.4 is 15.1 Å². The minimum atomic E-state index is -0.181. The molecule has 0 bridgehead atoms. The average molecular weight is 408 g/mol. The zero-order chi connectivity index (χ0) is 20.8. The first-order valence-electron chi connectivity index (χ1n) is 11.5. The van der Waals surface area contributed by atoms with E-state index in [9.17, 15) is 4.79 Å². The Kier molecular flexibility index (Phi) is 6.90. The Balaban J connectivity index is 1.26. The smallest absolute Gasteiger partial charge is 0.244 e. The lowest BCUT2D eigenvalue weighted by molar-refractivity contribution is -0.914. The van der Waals surface area contributed by atoms with Gasteiger partial charge in [0.1, 0.15) is 12.6 Å². The van der Waals surface area contributed by atoms with E-state index in [4.69, 9.17) is 0 Å². The third kappa shape index (κ3) is 5.33. The van der Waals surface area contributed by atoms with Crippen molar-refractivity contribution in [3.05, 3.63) is 60.2 Å². The molecule has 0 radical (unpaired) electrons. The Morgan fingerprint density at radius 1 is 0.933 bits per heavy atom. The zero-order valence-corrected chi connectivity index (χ0v) is 18.1. The summed E-state index contributed by atoms with van der Waals surface area (Å²) in [5, 5.41) is 3.39. The van der Waals surface area contributed by atoms with Crippen molar-refractivity contribution in [1.82, 2.24) is 4.90 Å². The summed E-state index contributed by atoms with van der Waals surface area (Å²) in [6.07, 6.45) is 3.51. The van der Waals surface area contributed by atoms with Crippen molar-refractivity contribution in [2.75, 3.05) is 49.5 Å². The summed E-state index contributed by atoms with van der Waals surface area (Å²) in [6, 6.07) is 19.2. The van der Waals surface area contributed by atoms with Crippen LogP contribution in [0.5, 0.6) is 0 Å². The number of piperidine rings is 1. The van der Waals surface area contributed by atoms with Crippen LogP contribution in [0.25, 0.3) is 0 Å². The van der Waals surface area contributed by atoms with Gasteiger partial charge in [0.25, 0.3) is 0 Å². The van der Waals surface area contributed by atoms with Crippen LogP contribution in [-0.4, -0.2) is 56.1 Å². The summed E-state index contributed by atoms with van der Waals surface area (Å²) < 4.78 is 0. The summed E-state index contributed by atoms with van der Waals surface area (Å²) in [4.78, 5) is 18.8. The number of nitrogens with one attached hydrogen (secondary N) is 2. The molecule has 0 saturated carbocycles. The number of carbonyl (C=O) groups excluding carboxylic acids is 1. The molecule has 2 heterocycles. The van der Waals surface area contributed by atoms with Gasteiger partial charge in [-0.1, -0.05) is 30.3 Å². The van der Waals surface area contributed by atoms with Gasteiger partial charge in [-0.2, -0.15) is 0 Å². The molecule has 0 aliphatic carbocycles. The maximum atomic E-state index is 12.6. The van der Waals surface area contributed by atoms with Gasteiger partial charge in [0.2, 0.25) is 5.91 Å². The number of rotatable bonds is 6. The Labute approximate surface area is 180 Å². The molecule has 30 heavy (non-hydrogen) atoms. The Morgan fingerprint density at radius 2 is 1.60 bits per heavy atom. The lowest BCUT2D eigenvalue weighted by Gasteiger charge is -2.34. The van der Waals surface area contributed by atoms with E-state index >= 15 is 0 Å². The first kappa shape index (κ1) is 20.7. The molecular weight excluding hydrogens is 372 g/mol. The number of benzene rings is 2. The second kappa shape index (κ2) is 9.98. The van der Waals surface area contributed by atoms with E-state index in [1.54, 1.807) is 4.90 Å². The highest BCUT2D eigenvalue weighted by atomic mass is 16.2. The van der Waals surface area contributed by atoms with Crippen molar-refractivity contribution in [2.45, 2.75) is 38.8 Å². The van der Waals surface area contributed by atoms with Gasteiger partial charge in [-0.25, -0.2) is 0 Å². The highest BCUT2D eigenvalue weighted by Gasteiger charge is 2.23. The van der Waals surface area contributed by atoms with Crippen LogP contribution in [0.2, 0.25) is 0 Å². The molecule has 0 aromatic heterocycles. The second-order valence-corrected chi connectivity index (χ2v) is 8.70. The van der Waals surface area contributed by atoms with Crippen LogP contribution >= 0.6 is 0 Å². The number of piperazine rings is 1. The molecule has 2 fully saturated rings. The van der Waals surface area contributed by atoms with Gasteiger partial charge >= 0.3 is 0 Å². The van der Waals surface area contributed by atoms with E-state index in [0.29, 0.717) is 0 Å². The molecule has 1 amide bonds. The molecule has 2 saturated heterocycles. The fourth-order valence-corrected chi connectivity index (χ4v) is 4.61. The van der Waals surface area contributed by atoms with Crippen LogP contribution in [0.1, 0.15) is 31.7 Å². The van der Waals surface area contributed by atoms with E-state index in [0.717, 1.165) is 64.3 Å². The normalized spacial score (nSPS) is 18.8. The van der Waals surface area contributed by atoms with Crippen LogP contribution in [0.15, 0.2) is 54.6 Å². The number of nitrogens with zero attached hydrogens (tertiary/aromatic N) is 2. The maximum absolute atomic E-state index is 12.6. The molecule has 2 aliphatic heterocycles. The van der Waals surface area contributed by atoms with Crippen LogP contribution in [-0.2, 0) is 11.3 Å². The third-order valence-electron chi connectivity index (χ3n) is 6.42. The summed E-state index contributed by atoms with van der Waals surface area (Å²) in [5.41, 5.74) is 3.71. The van der Waals surface area contributed by atoms with Crippen molar-refractivity contribution in [1.29, 1.82) is 0 Å². The Hall–Kier alpha value is -2.53. The molecule has 0 unspecified atom stereocenters. The summed E-state index contributed by atoms with van der Waals surface area (Å²) in [6.45, 7) is 9.38. The Morgan fingerprint density at radius 3 is 2.27 bits per heavy atom. The average Bonchev–Trinajstić information content (AvgIpc) is 2.81. The molecule has 4 rings (SSSR count). The molecule has 5 nitrogen and oxygen atoms in total. The zero-order valence-electron chi connectivity index (χ0n) is 18.1. The predicted molar refractivity (Wildman–Crippen MR) is 123 cm³/mol. The lowest BCUT2D eigenvalue weighted by Crippen LogP contribution is -3.13. The molecule has 2 aromatic rings. The first-order valence-corrected chi connectivity index (χ1v) is 11.5. The minimum absolute atomic E-state index is 0.181. The summed E-state index contributed by atoms with van der Waals surface area (Å²) in [7, 11) is 0. The van der Waals surface area contributed by atoms with Gasteiger partial charge in [0.05, 0.1) is 26.2 Å². The van der Waals surface area contributed by atoms with Crippen molar-refractivity contribution < 1.29 is 9.69 Å². The highest BCUT2D eigenvalue weighted by molar-refractivity contribution is 5.84. The topological polar surface area (TPSA) is 40.0 Å². The van der Waals surface area contributed by atoms with Crippen molar-refractivity contribution in [3.63, 3.8) is 0 Å². The molecule has 2 N–H and O–H groups in total. The van der Waals surface area contributed by atoms with Gasteiger partial charge in [0, 0.05) is 30.0 Å². The van der Waals surface area contributed by atoms with Gasteiger partial charge in [-0.05, 0) is 50.5 Å². The molecule has 0 spiro atoms. The number of hydrogen-bond acceptors (Lipinski definition) is 3. The quantitative estimate of drug-likeness (QED) is 0.773. The molecule has 2 aliphatic rings. The molecule has 2 aromatic carbocycles. The predicted octanol–water partition coefficient (Wildman–Crippen LogP) is 2.40. The van der Waals surface area contributed by atoms with E-state index < -0.39 is 0 Å². The summed E-state index contributed by atoms with van der Waals surface area (Å²) in [5.74, 6) is 0.219. The molecule has 160 valence electrons. The maximum Gasteiger partial charge on any atom is 0.244 e. The number of likely N-dealkylation sites (tertiary alicyclic amines) is 1. The van der Waals surface area contributed by atoms with E-state index in [1.807, 2.05) is 11.8 Å². The SMILES string of the molecule is C[C@H](Nc1ccc(N2CC[NH+](Cc3ccccc3)CC2)cc1)C(=O)N1CCCCC1. The summed E-state index contributed by atoms with van der Waals surface area (Å²) >= 11 is 0. The first-order chi connectivity index (χ1) is 14.7. The third-order valence-corrected chi connectivity index (χ3v) is 6.42. The van der Waals surface area contributed by atoms with Crippen LogP contribution in [0.3, 0.4) is 0 Å². The minimum Gasteiger partial charge on any atom is -0.374 e. The number of carbonyl (C=O) groups is 1. The number of quaternary nitrogens is 1. The number of anilines is 2. The number of hydrogen-bond donors (Lipinski definition) is 2. The fraction of sp³-hybridized carbons (Fsp3) is 0.480. The van der Waals surface area contributed by atoms with Crippen molar-refractivity contribution in [2.24, 2.45) is 0 Å². The van der Waals surface area contributed by atoms with Crippen LogP contribution in [0, 0.1) is 0 Å². The van der Waals surface area contributed by atoms with Gasteiger partial charge in [-0.3, -0.25) is 4.79 Å². The molecule has 1 atom stereocenters. The molecule has 5 heteroatoms. The van der Waals surface area contributed by atoms with Crippen molar-refractivity contribution in [3.8, 4) is 0 Å². The van der Waals surface area contributed by atoms with Gasteiger partial charge < -0.3 is 20.0 Å². The van der Waals surface area contributed by atoms with Gasteiger partial charge in [0.15, 0.2) is 0 Å². The second-order valence-electron chi connectivity index (χ2n) is 8.70.